The summed E-state index contributed by atoms with van der Waals surface area (Å²) >= 11 is 0. The van der Waals surface area contributed by atoms with Gasteiger partial charge in [-0.15, -0.1) is 0 Å². The fourth-order valence-electron chi connectivity index (χ4n) is 2.58. The number of halogens is 1. The van der Waals surface area contributed by atoms with E-state index in [1.165, 1.54) is 28.9 Å². The molecule has 0 radical (unpaired) electrons. The van der Waals surface area contributed by atoms with Crippen molar-refractivity contribution < 1.29 is 9.18 Å². The predicted octanol–water partition coefficient (Wildman–Crippen LogP) is 3.45. The molecule has 0 fully saturated rings. The number of nitrogens with zero attached hydrogens (tertiary/aromatic N) is 3. The first-order chi connectivity index (χ1) is 12.1. The van der Waals surface area contributed by atoms with Crippen molar-refractivity contribution in [1.82, 2.24) is 19.7 Å². The fraction of sp³-hybridized carbons (Fsp3) is 0.0556. The molecule has 2 aromatic heterocycles. The van der Waals surface area contributed by atoms with Crippen LogP contribution in [-0.2, 0) is 0 Å². The molecule has 0 spiro atoms. The summed E-state index contributed by atoms with van der Waals surface area (Å²) in [7, 11) is 0. The van der Waals surface area contributed by atoms with Gasteiger partial charge in [-0.2, -0.15) is 9.78 Å². The molecule has 1 amide bonds. The lowest BCUT2D eigenvalue weighted by molar-refractivity contribution is 0.102. The minimum absolute atomic E-state index is 0.350. The Morgan fingerprint density at radius 2 is 1.92 bits per heavy atom. The Bertz CT molecular complexity index is 1030. The molecule has 0 atom stereocenters. The standard InChI is InChI=1S/C18H14FN5O/c1-11-10-16(22-17(25)12-6-8-13(19)9-7-12)24(23-11)18-20-14-4-2-3-5-15(14)21-18/h2-10H,1H3,(H,20,21)(H,22,25). The molecule has 0 aliphatic heterocycles. The second kappa shape index (κ2) is 5.86. The predicted molar refractivity (Wildman–Crippen MR) is 92.3 cm³/mol. The van der Waals surface area contributed by atoms with Crippen molar-refractivity contribution >= 4 is 22.8 Å². The van der Waals surface area contributed by atoms with Crippen LogP contribution in [0.5, 0.6) is 0 Å². The lowest BCUT2D eigenvalue weighted by Gasteiger charge is -2.06. The molecule has 7 heteroatoms. The Hall–Kier alpha value is -3.48. The molecule has 6 nitrogen and oxygen atoms in total. The number of aromatic nitrogens is 4. The van der Waals surface area contributed by atoms with Gasteiger partial charge in [0.1, 0.15) is 11.6 Å². The van der Waals surface area contributed by atoms with Gasteiger partial charge in [-0.05, 0) is 43.3 Å². The maximum Gasteiger partial charge on any atom is 0.256 e. The SMILES string of the molecule is Cc1cc(NC(=O)c2ccc(F)cc2)n(-c2nc3ccccc3[nH]2)n1. The van der Waals surface area contributed by atoms with Gasteiger partial charge in [0.2, 0.25) is 5.95 Å². The molecule has 4 rings (SSSR count). The van der Waals surface area contributed by atoms with Crippen LogP contribution in [0, 0.1) is 12.7 Å². The highest BCUT2D eigenvalue weighted by atomic mass is 19.1. The number of H-pyrrole nitrogens is 1. The number of imidazole rings is 1. The maximum atomic E-state index is 13.0. The van der Waals surface area contributed by atoms with Crippen LogP contribution in [0.3, 0.4) is 0 Å². The van der Waals surface area contributed by atoms with Crippen LogP contribution in [-0.4, -0.2) is 25.7 Å². The maximum absolute atomic E-state index is 13.0. The molecule has 124 valence electrons. The number of amides is 1. The van der Waals surface area contributed by atoms with Gasteiger partial charge in [0.25, 0.3) is 5.91 Å². The molecule has 0 aliphatic rings. The summed E-state index contributed by atoms with van der Waals surface area (Å²) in [5.41, 5.74) is 2.77. The van der Waals surface area contributed by atoms with E-state index in [2.05, 4.69) is 20.4 Å². The van der Waals surface area contributed by atoms with Gasteiger partial charge in [-0.25, -0.2) is 9.37 Å². The Kier molecular flexibility index (Phi) is 3.53. The molecule has 0 saturated carbocycles. The first-order valence-corrected chi connectivity index (χ1v) is 7.69. The number of rotatable bonds is 3. The summed E-state index contributed by atoms with van der Waals surface area (Å²) in [6.07, 6.45) is 0. The molecular weight excluding hydrogens is 321 g/mol. The van der Waals surface area contributed by atoms with E-state index in [0.717, 1.165) is 16.7 Å². The van der Waals surface area contributed by atoms with Crippen LogP contribution in [0.2, 0.25) is 0 Å². The zero-order chi connectivity index (χ0) is 17.4. The molecule has 0 saturated heterocycles. The highest BCUT2D eigenvalue weighted by Crippen LogP contribution is 2.19. The summed E-state index contributed by atoms with van der Waals surface area (Å²) in [5, 5.41) is 7.17. The first-order valence-electron chi connectivity index (χ1n) is 7.69. The van der Waals surface area contributed by atoms with Crippen LogP contribution in [0.4, 0.5) is 10.2 Å². The van der Waals surface area contributed by atoms with Gasteiger partial charge in [0, 0.05) is 11.6 Å². The monoisotopic (exact) mass is 335 g/mol. The topological polar surface area (TPSA) is 75.6 Å². The minimum atomic E-state index is -0.389. The van der Waals surface area contributed by atoms with Gasteiger partial charge in [-0.1, -0.05) is 12.1 Å². The number of para-hydroxylation sites is 2. The fourth-order valence-corrected chi connectivity index (χ4v) is 2.58. The number of benzene rings is 2. The summed E-state index contributed by atoms with van der Waals surface area (Å²) in [6.45, 7) is 1.83. The molecule has 2 heterocycles. The van der Waals surface area contributed by atoms with E-state index in [0.29, 0.717) is 17.3 Å². The van der Waals surface area contributed by atoms with Gasteiger partial charge in [-0.3, -0.25) is 4.79 Å². The molecule has 4 aromatic rings. The lowest BCUT2D eigenvalue weighted by Crippen LogP contribution is -2.15. The van der Waals surface area contributed by atoms with E-state index >= 15 is 0 Å². The lowest BCUT2D eigenvalue weighted by atomic mass is 10.2. The number of aryl methyl sites for hydroxylation is 1. The normalized spacial score (nSPS) is 11.0. The van der Waals surface area contributed by atoms with Crippen molar-refractivity contribution in [2.24, 2.45) is 0 Å². The summed E-state index contributed by atoms with van der Waals surface area (Å²) in [4.78, 5) is 20.1. The van der Waals surface area contributed by atoms with Crippen molar-refractivity contribution in [2.75, 3.05) is 5.32 Å². The second-order valence-corrected chi connectivity index (χ2v) is 5.62. The third-order valence-electron chi connectivity index (χ3n) is 3.76. The molecule has 2 aromatic carbocycles. The van der Waals surface area contributed by atoms with E-state index in [1.807, 2.05) is 31.2 Å². The zero-order valence-corrected chi connectivity index (χ0v) is 13.3. The number of nitrogens with one attached hydrogen (secondary N) is 2. The van der Waals surface area contributed by atoms with Crippen molar-refractivity contribution in [1.29, 1.82) is 0 Å². The number of carbonyl (C=O) groups is 1. The van der Waals surface area contributed by atoms with E-state index < -0.39 is 0 Å². The van der Waals surface area contributed by atoms with Crippen molar-refractivity contribution in [3.63, 3.8) is 0 Å². The summed E-state index contributed by atoms with van der Waals surface area (Å²) in [6, 6.07) is 14.7. The first kappa shape index (κ1) is 15.1. The number of hydrogen-bond donors (Lipinski definition) is 2. The number of hydrogen-bond acceptors (Lipinski definition) is 3. The zero-order valence-electron chi connectivity index (χ0n) is 13.3. The van der Waals surface area contributed by atoms with E-state index in [1.54, 1.807) is 6.07 Å². The summed E-state index contributed by atoms with van der Waals surface area (Å²) in [5.74, 6) is 0.242. The number of carbonyl (C=O) groups excluding carboxylic acids is 1. The molecule has 0 aliphatic carbocycles. The quantitative estimate of drug-likeness (QED) is 0.602. The Balaban J connectivity index is 1.69. The molecule has 0 unspecified atom stereocenters. The average molecular weight is 335 g/mol. The number of fused-ring (bicyclic) bond motifs is 1. The third kappa shape index (κ3) is 2.87. The molecule has 25 heavy (non-hydrogen) atoms. The molecule has 0 bridgehead atoms. The largest absolute Gasteiger partial charge is 0.322 e. The Labute approximate surface area is 142 Å². The second-order valence-electron chi connectivity index (χ2n) is 5.62. The van der Waals surface area contributed by atoms with E-state index in [-0.39, 0.29) is 11.7 Å². The van der Waals surface area contributed by atoms with Gasteiger partial charge in [0.05, 0.1) is 16.7 Å². The van der Waals surface area contributed by atoms with Gasteiger partial charge < -0.3 is 10.3 Å². The Morgan fingerprint density at radius 1 is 1.16 bits per heavy atom. The average Bonchev–Trinajstić information content (AvgIpc) is 3.18. The van der Waals surface area contributed by atoms with Crippen molar-refractivity contribution in [2.45, 2.75) is 6.92 Å². The van der Waals surface area contributed by atoms with Crippen LogP contribution in [0.25, 0.3) is 17.0 Å². The Morgan fingerprint density at radius 3 is 2.68 bits per heavy atom. The van der Waals surface area contributed by atoms with Crippen LogP contribution >= 0.6 is 0 Å². The van der Waals surface area contributed by atoms with E-state index in [9.17, 15) is 9.18 Å². The summed E-state index contributed by atoms with van der Waals surface area (Å²) < 4.78 is 14.5. The third-order valence-corrected chi connectivity index (χ3v) is 3.76. The smallest absolute Gasteiger partial charge is 0.256 e. The van der Waals surface area contributed by atoms with Crippen LogP contribution in [0.1, 0.15) is 16.1 Å². The highest BCUT2D eigenvalue weighted by molar-refractivity contribution is 6.03. The van der Waals surface area contributed by atoms with Gasteiger partial charge >= 0.3 is 0 Å². The van der Waals surface area contributed by atoms with Crippen LogP contribution < -0.4 is 5.32 Å². The van der Waals surface area contributed by atoms with Crippen molar-refractivity contribution in [3.8, 4) is 5.95 Å². The molecule has 2 N–H and O–H groups in total. The van der Waals surface area contributed by atoms with Gasteiger partial charge in [0.15, 0.2) is 0 Å². The van der Waals surface area contributed by atoms with E-state index in [4.69, 9.17) is 0 Å². The molecular formula is C18H14FN5O. The highest BCUT2D eigenvalue weighted by Gasteiger charge is 2.15. The minimum Gasteiger partial charge on any atom is -0.322 e. The number of anilines is 1. The van der Waals surface area contributed by atoms with Crippen LogP contribution in [0.15, 0.2) is 54.6 Å². The van der Waals surface area contributed by atoms with Crippen molar-refractivity contribution in [3.05, 3.63) is 71.7 Å². The number of aromatic amines is 1.